The maximum Gasteiger partial charge on any atom is 0.327 e. The number of carbonyl (C=O) groups is 1. The van der Waals surface area contributed by atoms with Crippen LogP contribution in [-0.2, 0) is 14.7 Å². The van der Waals surface area contributed by atoms with Crippen molar-refractivity contribution >= 4 is 27.0 Å². The fraction of sp³-hybridized carbons (Fsp3) is 0.0385. The topological polar surface area (TPSA) is 26.3 Å². The summed E-state index contributed by atoms with van der Waals surface area (Å²) in [5, 5.41) is 0.665. The molecule has 0 amide bonds. The Labute approximate surface area is 183 Å². The number of benzene rings is 4. The third-order valence-corrected chi connectivity index (χ3v) is 5.78. The van der Waals surface area contributed by atoms with Gasteiger partial charge in [0.15, 0.2) is 0 Å². The SMILES string of the molecule is O=C(OP)C(c1ccccc1)(c1ccccc1)c1ccccc1-c1ccc(Cl)cc1. The standard InChI is InChI=1S/C26H20ClO2P/c27-22-17-15-19(16-18-22)23-13-7-8-14-24(23)26(25(28)29-30,20-9-3-1-4-10-20)21-11-5-2-6-12-21/h1-18H,30H2. The predicted octanol–water partition coefficient (Wildman–Crippen LogP) is 6.67. The third kappa shape index (κ3) is 3.54. The van der Waals surface area contributed by atoms with Crippen molar-refractivity contribution in [2.24, 2.45) is 0 Å². The van der Waals surface area contributed by atoms with E-state index in [1.54, 1.807) is 0 Å². The van der Waals surface area contributed by atoms with Gasteiger partial charge in [0.1, 0.15) is 5.41 Å². The molecule has 4 rings (SSSR count). The summed E-state index contributed by atoms with van der Waals surface area (Å²) < 4.78 is 5.35. The second-order valence-electron chi connectivity index (χ2n) is 6.94. The van der Waals surface area contributed by atoms with Crippen molar-refractivity contribution in [3.63, 3.8) is 0 Å². The van der Waals surface area contributed by atoms with E-state index in [-0.39, 0.29) is 5.97 Å². The molecule has 0 bridgehead atoms. The molecule has 148 valence electrons. The molecule has 0 heterocycles. The normalized spacial score (nSPS) is 11.1. The number of carbonyl (C=O) groups excluding carboxylic acids is 1. The minimum atomic E-state index is -1.14. The molecule has 0 aliphatic carbocycles. The van der Waals surface area contributed by atoms with Crippen molar-refractivity contribution in [3.05, 3.63) is 131 Å². The van der Waals surface area contributed by atoms with Crippen molar-refractivity contribution in [2.75, 3.05) is 0 Å². The summed E-state index contributed by atoms with van der Waals surface area (Å²) in [7, 11) is 2.12. The highest BCUT2D eigenvalue weighted by Gasteiger charge is 2.46. The lowest BCUT2D eigenvalue weighted by Gasteiger charge is -2.34. The molecule has 0 saturated heterocycles. The monoisotopic (exact) mass is 430 g/mol. The van der Waals surface area contributed by atoms with E-state index in [4.69, 9.17) is 16.1 Å². The molecule has 0 aromatic heterocycles. The largest absolute Gasteiger partial charge is 0.450 e. The average Bonchev–Trinajstić information content (AvgIpc) is 2.82. The highest BCUT2D eigenvalue weighted by Crippen LogP contribution is 2.45. The van der Waals surface area contributed by atoms with Crippen molar-refractivity contribution in [1.82, 2.24) is 0 Å². The second kappa shape index (κ2) is 8.83. The van der Waals surface area contributed by atoms with E-state index in [2.05, 4.69) is 9.47 Å². The Kier molecular flexibility index (Phi) is 5.99. The second-order valence-corrected chi connectivity index (χ2v) is 7.61. The first-order chi connectivity index (χ1) is 14.7. The molecule has 0 N–H and O–H groups in total. The van der Waals surface area contributed by atoms with Crippen molar-refractivity contribution in [2.45, 2.75) is 5.41 Å². The summed E-state index contributed by atoms with van der Waals surface area (Å²) in [6, 6.07) is 35.1. The molecule has 30 heavy (non-hydrogen) atoms. The molecular formula is C26H20ClO2P. The van der Waals surface area contributed by atoms with Crippen LogP contribution in [0.3, 0.4) is 0 Å². The minimum absolute atomic E-state index is 0.369. The predicted molar refractivity (Wildman–Crippen MR) is 125 cm³/mol. The Balaban J connectivity index is 2.10. The van der Waals surface area contributed by atoms with E-state index in [1.807, 2.05) is 109 Å². The van der Waals surface area contributed by atoms with Gasteiger partial charge < -0.3 is 4.52 Å². The van der Waals surface area contributed by atoms with Gasteiger partial charge in [-0.25, -0.2) is 0 Å². The zero-order valence-electron chi connectivity index (χ0n) is 16.2. The number of hydrogen-bond acceptors (Lipinski definition) is 2. The highest BCUT2D eigenvalue weighted by molar-refractivity contribution is 7.10. The van der Waals surface area contributed by atoms with Gasteiger partial charge in [-0.1, -0.05) is 109 Å². The first kappa shape index (κ1) is 20.3. The first-order valence-corrected chi connectivity index (χ1v) is 10.4. The van der Waals surface area contributed by atoms with E-state index >= 15 is 0 Å². The van der Waals surface area contributed by atoms with Crippen LogP contribution < -0.4 is 0 Å². The van der Waals surface area contributed by atoms with Crippen LogP contribution in [0.4, 0.5) is 0 Å². The first-order valence-electron chi connectivity index (χ1n) is 9.55. The van der Waals surface area contributed by atoms with Crippen LogP contribution in [-0.4, -0.2) is 5.97 Å². The third-order valence-electron chi connectivity index (χ3n) is 5.31. The fourth-order valence-electron chi connectivity index (χ4n) is 3.98. The zero-order valence-corrected chi connectivity index (χ0v) is 18.1. The highest BCUT2D eigenvalue weighted by atomic mass is 35.5. The van der Waals surface area contributed by atoms with Crippen LogP contribution in [0.1, 0.15) is 16.7 Å². The molecule has 0 spiro atoms. The maximum atomic E-state index is 13.6. The Morgan fingerprint density at radius 1 is 0.700 bits per heavy atom. The van der Waals surface area contributed by atoms with Gasteiger partial charge in [-0.05, 0) is 39.9 Å². The lowest BCUT2D eigenvalue weighted by atomic mass is 9.67. The lowest BCUT2D eigenvalue weighted by Crippen LogP contribution is -2.39. The molecule has 4 heteroatoms. The van der Waals surface area contributed by atoms with Gasteiger partial charge in [0.25, 0.3) is 0 Å². The van der Waals surface area contributed by atoms with Crippen LogP contribution in [0.5, 0.6) is 0 Å². The van der Waals surface area contributed by atoms with Crippen LogP contribution in [0.15, 0.2) is 109 Å². The smallest absolute Gasteiger partial charge is 0.327 e. The summed E-state index contributed by atoms with van der Waals surface area (Å²) in [5.74, 6) is -0.369. The van der Waals surface area contributed by atoms with Gasteiger partial charge in [0.2, 0.25) is 0 Å². The van der Waals surface area contributed by atoms with Gasteiger partial charge in [-0.2, -0.15) is 0 Å². The van der Waals surface area contributed by atoms with Crippen molar-refractivity contribution < 1.29 is 9.32 Å². The average molecular weight is 431 g/mol. The zero-order chi connectivity index (χ0) is 21.0. The summed E-state index contributed by atoms with van der Waals surface area (Å²) in [6.07, 6.45) is 0. The van der Waals surface area contributed by atoms with Crippen molar-refractivity contribution in [3.8, 4) is 11.1 Å². The number of hydrogen-bond donors (Lipinski definition) is 0. The Morgan fingerprint density at radius 2 is 1.20 bits per heavy atom. The van der Waals surface area contributed by atoms with E-state index in [0.717, 1.165) is 27.8 Å². The van der Waals surface area contributed by atoms with Crippen LogP contribution in [0.2, 0.25) is 5.02 Å². The van der Waals surface area contributed by atoms with Gasteiger partial charge in [-0.3, -0.25) is 4.79 Å². The molecule has 4 aromatic rings. The Morgan fingerprint density at radius 3 is 1.73 bits per heavy atom. The van der Waals surface area contributed by atoms with E-state index in [0.29, 0.717) is 5.02 Å². The molecule has 1 atom stereocenters. The van der Waals surface area contributed by atoms with Gasteiger partial charge in [-0.15, -0.1) is 0 Å². The van der Waals surface area contributed by atoms with Crippen LogP contribution in [0, 0.1) is 0 Å². The van der Waals surface area contributed by atoms with Crippen LogP contribution in [0.25, 0.3) is 11.1 Å². The van der Waals surface area contributed by atoms with Gasteiger partial charge in [0, 0.05) is 5.02 Å². The summed E-state index contributed by atoms with van der Waals surface area (Å²) >= 11 is 6.12. The summed E-state index contributed by atoms with van der Waals surface area (Å²) in [4.78, 5) is 13.6. The molecule has 0 saturated carbocycles. The van der Waals surface area contributed by atoms with Gasteiger partial charge in [0.05, 0.1) is 9.47 Å². The Hall–Kier alpha value is -2.93. The molecule has 0 aliphatic rings. The number of rotatable bonds is 5. The molecular weight excluding hydrogens is 411 g/mol. The molecule has 0 aliphatic heterocycles. The Bertz CT molecular complexity index is 1100. The van der Waals surface area contributed by atoms with E-state index < -0.39 is 5.41 Å². The lowest BCUT2D eigenvalue weighted by molar-refractivity contribution is -0.136. The summed E-state index contributed by atoms with van der Waals surface area (Å²) in [6.45, 7) is 0. The maximum absolute atomic E-state index is 13.6. The molecule has 4 aromatic carbocycles. The van der Waals surface area contributed by atoms with Gasteiger partial charge >= 0.3 is 5.97 Å². The molecule has 0 radical (unpaired) electrons. The minimum Gasteiger partial charge on any atom is -0.450 e. The van der Waals surface area contributed by atoms with Crippen molar-refractivity contribution in [1.29, 1.82) is 0 Å². The van der Waals surface area contributed by atoms with E-state index in [1.165, 1.54) is 0 Å². The molecule has 0 fully saturated rings. The van der Waals surface area contributed by atoms with E-state index in [9.17, 15) is 4.79 Å². The number of halogens is 1. The molecule has 2 nitrogen and oxygen atoms in total. The molecule has 1 unspecified atom stereocenters. The quantitative estimate of drug-likeness (QED) is 0.261. The summed E-state index contributed by atoms with van der Waals surface area (Å²) in [5.41, 5.74) is 3.30. The fourth-order valence-corrected chi connectivity index (χ4v) is 4.28. The van der Waals surface area contributed by atoms with Crippen LogP contribution >= 0.6 is 21.1 Å².